The number of imidazole rings is 1. The zero-order valence-electron chi connectivity index (χ0n) is 12.8. The second kappa shape index (κ2) is 5.76. The zero-order valence-corrected chi connectivity index (χ0v) is 13.6. The molecular weight excluding hydrogens is 324 g/mol. The molecule has 120 valence electrons. The Labute approximate surface area is 144 Å². The Kier molecular flexibility index (Phi) is 3.58. The van der Waals surface area contributed by atoms with Crippen molar-refractivity contribution < 1.29 is 4.79 Å². The molecule has 1 aromatic carbocycles. The van der Waals surface area contributed by atoms with E-state index in [4.69, 9.17) is 11.6 Å². The first-order chi connectivity index (χ1) is 11.7. The molecule has 4 rings (SSSR count). The van der Waals surface area contributed by atoms with Crippen LogP contribution in [0.2, 0.25) is 5.02 Å². The molecule has 0 unspecified atom stereocenters. The summed E-state index contributed by atoms with van der Waals surface area (Å²) in [5, 5.41) is 3.62. The molecule has 2 aromatic heterocycles. The first kappa shape index (κ1) is 14.9. The first-order valence-corrected chi connectivity index (χ1v) is 8.07. The van der Waals surface area contributed by atoms with Gasteiger partial charge in [-0.2, -0.15) is 0 Å². The van der Waals surface area contributed by atoms with Crippen LogP contribution in [0.25, 0.3) is 5.82 Å². The lowest BCUT2D eigenvalue weighted by molar-refractivity contribution is -0.118. The quantitative estimate of drug-likeness (QED) is 0.790. The number of aromatic nitrogens is 3. The van der Waals surface area contributed by atoms with Crippen molar-refractivity contribution in [3.63, 3.8) is 0 Å². The fourth-order valence-electron chi connectivity index (χ4n) is 2.82. The molecule has 2 heterocycles. The van der Waals surface area contributed by atoms with Crippen molar-refractivity contribution in [2.45, 2.75) is 18.3 Å². The summed E-state index contributed by atoms with van der Waals surface area (Å²) >= 11 is 6.06. The summed E-state index contributed by atoms with van der Waals surface area (Å²) in [6, 6.07) is 11.2. The molecule has 0 aliphatic heterocycles. The van der Waals surface area contributed by atoms with Gasteiger partial charge in [0, 0.05) is 17.4 Å². The summed E-state index contributed by atoms with van der Waals surface area (Å²) < 4.78 is 1.81. The lowest BCUT2D eigenvalue weighted by Crippen LogP contribution is -2.27. The van der Waals surface area contributed by atoms with E-state index in [9.17, 15) is 4.79 Å². The molecule has 6 heteroatoms. The number of carbonyl (C=O) groups excluding carboxylic acids is 1. The summed E-state index contributed by atoms with van der Waals surface area (Å²) in [4.78, 5) is 21.1. The highest BCUT2D eigenvalue weighted by atomic mass is 35.5. The number of benzene rings is 1. The van der Waals surface area contributed by atoms with Crippen LogP contribution in [-0.2, 0) is 10.2 Å². The summed E-state index contributed by atoms with van der Waals surface area (Å²) in [6.45, 7) is 0. The maximum absolute atomic E-state index is 12.7. The van der Waals surface area contributed by atoms with Gasteiger partial charge in [0.05, 0.1) is 17.3 Å². The van der Waals surface area contributed by atoms with E-state index in [1.165, 1.54) is 0 Å². The number of nitrogens with zero attached hydrogens (tertiary/aromatic N) is 3. The van der Waals surface area contributed by atoms with Gasteiger partial charge in [0.2, 0.25) is 5.91 Å². The van der Waals surface area contributed by atoms with Crippen LogP contribution < -0.4 is 5.32 Å². The number of carbonyl (C=O) groups is 1. The predicted octanol–water partition coefficient (Wildman–Crippen LogP) is 3.59. The summed E-state index contributed by atoms with van der Waals surface area (Å²) in [6.07, 6.45) is 8.51. The van der Waals surface area contributed by atoms with E-state index in [1.54, 1.807) is 23.3 Å². The monoisotopic (exact) mass is 338 g/mol. The number of pyridine rings is 1. The molecule has 5 nitrogen and oxygen atoms in total. The highest BCUT2D eigenvalue weighted by Gasteiger charge is 2.51. The van der Waals surface area contributed by atoms with Crippen LogP contribution in [-0.4, -0.2) is 20.4 Å². The lowest BCUT2D eigenvalue weighted by atomic mass is 9.95. The van der Waals surface area contributed by atoms with E-state index in [0.717, 1.165) is 24.2 Å². The molecule has 24 heavy (non-hydrogen) atoms. The number of rotatable bonds is 4. The smallest absolute Gasteiger partial charge is 0.235 e. The van der Waals surface area contributed by atoms with Crippen LogP contribution in [0.3, 0.4) is 0 Å². The Morgan fingerprint density at radius 3 is 2.75 bits per heavy atom. The van der Waals surface area contributed by atoms with Crippen molar-refractivity contribution in [3.8, 4) is 5.82 Å². The molecular formula is C18H15ClN4O. The van der Waals surface area contributed by atoms with Gasteiger partial charge in [-0.15, -0.1) is 0 Å². The van der Waals surface area contributed by atoms with Crippen LogP contribution in [0.1, 0.15) is 18.4 Å². The van der Waals surface area contributed by atoms with Crippen molar-refractivity contribution in [1.82, 2.24) is 14.5 Å². The zero-order chi connectivity index (χ0) is 16.6. The molecule has 0 radical (unpaired) electrons. The van der Waals surface area contributed by atoms with E-state index >= 15 is 0 Å². The Morgan fingerprint density at radius 1 is 1.25 bits per heavy atom. The normalized spacial score (nSPS) is 15.0. The predicted molar refractivity (Wildman–Crippen MR) is 92.4 cm³/mol. The van der Waals surface area contributed by atoms with Crippen LogP contribution in [0.15, 0.2) is 61.3 Å². The van der Waals surface area contributed by atoms with Gasteiger partial charge in [0.15, 0.2) is 0 Å². The largest absolute Gasteiger partial charge is 0.324 e. The van der Waals surface area contributed by atoms with E-state index in [0.29, 0.717) is 10.7 Å². The average molecular weight is 339 g/mol. The van der Waals surface area contributed by atoms with Crippen molar-refractivity contribution in [2.24, 2.45) is 0 Å². The molecule has 0 saturated heterocycles. The van der Waals surface area contributed by atoms with Crippen molar-refractivity contribution in [3.05, 3.63) is 71.9 Å². The van der Waals surface area contributed by atoms with Crippen LogP contribution in [0, 0.1) is 0 Å². The average Bonchev–Trinajstić information content (AvgIpc) is 3.23. The molecule has 1 fully saturated rings. The molecule has 1 amide bonds. The van der Waals surface area contributed by atoms with Crippen LogP contribution >= 0.6 is 11.6 Å². The second-order valence-electron chi connectivity index (χ2n) is 5.92. The van der Waals surface area contributed by atoms with E-state index < -0.39 is 5.41 Å². The molecule has 1 saturated carbocycles. The van der Waals surface area contributed by atoms with Gasteiger partial charge >= 0.3 is 0 Å². The summed E-state index contributed by atoms with van der Waals surface area (Å²) in [5.41, 5.74) is 1.18. The molecule has 0 atom stereocenters. The van der Waals surface area contributed by atoms with Gasteiger partial charge in [0.1, 0.15) is 12.1 Å². The van der Waals surface area contributed by atoms with Gasteiger partial charge < -0.3 is 5.32 Å². The lowest BCUT2D eigenvalue weighted by Gasteiger charge is -2.16. The standard InChI is InChI=1S/C18H15ClN4O/c19-14-3-1-2-13(10-14)18(6-7-18)17(24)22-15-4-5-16(21-11-15)23-9-8-20-12-23/h1-5,8-12H,6-7H2,(H,22,24). The molecule has 3 aromatic rings. The molecule has 1 aliphatic rings. The minimum absolute atomic E-state index is 0.0121. The number of anilines is 1. The Bertz CT molecular complexity index is 870. The number of amides is 1. The number of hydrogen-bond acceptors (Lipinski definition) is 3. The van der Waals surface area contributed by atoms with Gasteiger partial charge in [-0.1, -0.05) is 23.7 Å². The van der Waals surface area contributed by atoms with Crippen LogP contribution in [0.4, 0.5) is 5.69 Å². The van der Waals surface area contributed by atoms with Gasteiger partial charge in [-0.3, -0.25) is 9.36 Å². The maximum atomic E-state index is 12.7. The fourth-order valence-corrected chi connectivity index (χ4v) is 3.01. The van der Waals surface area contributed by atoms with Crippen molar-refractivity contribution in [2.75, 3.05) is 5.32 Å². The third-order valence-electron chi connectivity index (χ3n) is 4.34. The maximum Gasteiger partial charge on any atom is 0.235 e. The second-order valence-corrected chi connectivity index (χ2v) is 6.36. The van der Waals surface area contributed by atoms with Crippen LogP contribution in [0.5, 0.6) is 0 Å². The van der Waals surface area contributed by atoms with Gasteiger partial charge in [-0.25, -0.2) is 9.97 Å². The van der Waals surface area contributed by atoms with E-state index in [-0.39, 0.29) is 5.91 Å². The topological polar surface area (TPSA) is 59.8 Å². The number of hydrogen-bond donors (Lipinski definition) is 1. The first-order valence-electron chi connectivity index (χ1n) is 7.69. The minimum atomic E-state index is -0.464. The van der Waals surface area contributed by atoms with Gasteiger partial charge in [0.25, 0.3) is 0 Å². The van der Waals surface area contributed by atoms with Crippen molar-refractivity contribution >= 4 is 23.2 Å². The molecule has 1 aliphatic carbocycles. The summed E-state index contributed by atoms with van der Waals surface area (Å²) in [5.74, 6) is 0.739. The van der Waals surface area contributed by atoms with Crippen molar-refractivity contribution in [1.29, 1.82) is 0 Å². The summed E-state index contributed by atoms with van der Waals surface area (Å²) in [7, 11) is 0. The Morgan fingerprint density at radius 2 is 2.12 bits per heavy atom. The van der Waals surface area contributed by atoms with Gasteiger partial charge in [-0.05, 0) is 42.7 Å². The van der Waals surface area contributed by atoms with E-state index in [1.807, 2.05) is 42.6 Å². The highest BCUT2D eigenvalue weighted by Crippen LogP contribution is 2.49. The fraction of sp³-hybridized carbons (Fsp3) is 0.167. The van der Waals surface area contributed by atoms with E-state index in [2.05, 4.69) is 15.3 Å². The molecule has 1 N–H and O–H groups in total. The number of nitrogens with one attached hydrogen (secondary N) is 1. The minimum Gasteiger partial charge on any atom is -0.324 e. The third-order valence-corrected chi connectivity index (χ3v) is 4.57. The molecule has 0 spiro atoms. The Balaban J connectivity index is 1.52. The third kappa shape index (κ3) is 2.67. The Hall–Kier alpha value is -2.66. The molecule has 0 bridgehead atoms. The SMILES string of the molecule is O=C(Nc1ccc(-n2ccnc2)nc1)C1(c2cccc(Cl)c2)CC1. The highest BCUT2D eigenvalue weighted by molar-refractivity contribution is 6.30. The number of halogens is 1.